The Labute approximate surface area is 176 Å². The van der Waals surface area contributed by atoms with Crippen molar-refractivity contribution in [3.8, 4) is 11.6 Å². The summed E-state index contributed by atoms with van der Waals surface area (Å²) in [4.78, 5) is 39.1. The highest BCUT2D eigenvalue weighted by molar-refractivity contribution is 5.91. The number of aryl methyl sites for hydroxylation is 1. The van der Waals surface area contributed by atoms with Crippen LogP contribution in [-0.2, 0) is 4.79 Å². The summed E-state index contributed by atoms with van der Waals surface area (Å²) in [5.41, 5.74) is 0.371. The fourth-order valence-electron chi connectivity index (χ4n) is 2.63. The number of aromatic hydroxyl groups is 1. The summed E-state index contributed by atoms with van der Waals surface area (Å²) < 4.78 is 5.46. The second kappa shape index (κ2) is 9.35. The molecule has 1 amide bonds. The molecule has 0 aliphatic rings. The van der Waals surface area contributed by atoms with Crippen LogP contribution in [0.25, 0.3) is 12.2 Å². The lowest BCUT2D eigenvalue weighted by molar-refractivity contribution is -0.387. The zero-order chi connectivity index (χ0) is 22.4. The highest BCUT2D eigenvalue weighted by Crippen LogP contribution is 2.18. The van der Waals surface area contributed by atoms with Crippen LogP contribution in [0.4, 0.5) is 11.4 Å². The van der Waals surface area contributed by atoms with Crippen molar-refractivity contribution in [1.29, 1.82) is 0 Å². The molecular formula is C21H18N4O6. The Morgan fingerprint density at radius 3 is 2.65 bits per heavy atom. The summed E-state index contributed by atoms with van der Waals surface area (Å²) in [6, 6.07) is 14.1. The molecule has 0 bridgehead atoms. The first-order valence-corrected chi connectivity index (χ1v) is 9.07. The smallest absolute Gasteiger partial charge is 0.395 e. The summed E-state index contributed by atoms with van der Waals surface area (Å²) in [5, 5.41) is 23.0. The summed E-state index contributed by atoms with van der Waals surface area (Å²) in [6.07, 6.45) is 2.97. The molecule has 1 aromatic heterocycles. The van der Waals surface area contributed by atoms with E-state index in [1.807, 2.05) is 25.1 Å². The zero-order valence-electron chi connectivity index (χ0n) is 16.4. The van der Waals surface area contributed by atoms with Gasteiger partial charge in [0.15, 0.2) is 6.61 Å². The van der Waals surface area contributed by atoms with E-state index in [0.717, 1.165) is 5.56 Å². The molecule has 0 unspecified atom stereocenters. The molecular weight excluding hydrogens is 404 g/mol. The van der Waals surface area contributed by atoms with Crippen LogP contribution in [0.15, 0.2) is 53.3 Å². The maximum Gasteiger partial charge on any atom is 0.395 e. The molecule has 10 heteroatoms. The number of aromatic amines is 1. The Kier molecular flexibility index (Phi) is 6.41. The van der Waals surface area contributed by atoms with E-state index in [0.29, 0.717) is 17.0 Å². The number of nitrogens with zero attached hydrogens (tertiary/aromatic N) is 2. The van der Waals surface area contributed by atoms with E-state index < -0.39 is 22.0 Å². The molecule has 1 heterocycles. The molecule has 0 atom stereocenters. The minimum Gasteiger partial charge on any atom is -0.488 e. The van der Waals surface area contributed by atoms with E-state index in [-0.39, 0.29) is 18.3 Å². The zero-order valence-corrected chi connectivity index (χ0v) is 16.4. The Morgan fingerprint density at radius 1 is 1.26 bits per heavy atom. The Bertz CT molecular complexity index is 1200. The van der Waals surface area contributed by atoms with Crippen molar-refractivity contribution in [3.63, 3.8) is 0 Å². The standard InChI is InChI=1S/C21H18N4O6/c1-13-3-2-4-15(11-13)22-18(26)12-31-16-8-5-14(6-9-16)7-10-17-23-20(27)19(25(29)30)21(28)24-17/h2-11H,12H2,1H3,(H,22,26)(H2,23,24,27,28)/b10-7+. The molecule has 0 saturated heterocycles. The molecule has 0 spiro atoms. The van der Waals surface area contributed by atoms with Gasteiger partial charge in [-0.1, -0.05) is 30.3 Å². The minimum absolute atomic E-state index is 0.0405. The van der Waals surface area contributed by atoms with Crippen LogP contribution in [0.3, 0.4) is 0 Å². The van der Waals surface area contributed by atoms with Crippen molar-refractivity contribution in [2.24, 2.45) is 0 Å². The first-order chi connectivity index (χ1) is 14.8. The van der Waals surface area contributed by atoms with Crippen LogP contribution in [0, 0.1) is 17.0 Å². The number of rotatable bonds is 7. The number of hydrogen-bond acceptors (Lipinski definition) is 7. The van der Waals surface area contributed by atoms with E-state index in [9.17, 15) is 24.8 Å². The number of ether oxygens (including phenoxy) is 1. The highest BCUT2D eigenvalue weighted by atomic mass is 16.6. The SMILES string of the molecule is Cc1cccc(NC(=O)COc2ccc(/C=C/c3nc(O)c([N+](=O)[O-])c(=O)[nH]3)cc2)c1. The van der Waals surface area contributed by atoms with Crippen molar-refractivity contribution in [2.75, 3.05) is 11.9 Å². The number of nitrogens with one attached hydrogen (secondary N) is 2. The number of H-pyrrole nitrogens is 1. The number of amides is 1. The van der Waals surface area contributed by atoms with Gasteiger partial charge >= 0.3 is 11.2 Å². The maximum atomic E-state index is 12.0. The molecule has 10 nitrogen and oxygen atoms in total. The normalized spacial score (nSPS) is 10.7. The van der Waals surface area contributed by atoms with Gasteiger partial charge in [-0.15, -0.1) is 0 Å². The molecule has 0 aliphatic carbocycles. The van der Waals surface area contributed by atoms with Crippen LogP contribution in [0.2, 0.25) is 0 Å². The van der Waals surface area contributed by atoms with Gasteiger partial charge in [-0.05, 0) is 48.4 Å². The second-order valence-corrected chi connectivity index (χ2v) is 6.49. The lowest BCUT2D eigenvalue weighted by Crippen LogP contribution is -2.20. The van der Waals surface area contributed by atoms with Gasteiger partial charge in [0, 0.05) is 5.69 Å². The number of hydrogen-bond donors (Lipinski definition) is 3. The van der Waals surface area contributed by atoms with E-state index in [4.69, 9.17) is 4.74 Å². The van der Waals surface area contributed by atoms with Gasteiger partial charge in [-0.3, -0.25) is 19.7 Å². The summed E-state index contributed by atoms with van der Waals surface area (Å²) >= 11 is 0. The second-order valence-electron chi connectivity index (χ2n) is 6.49. The largest absolute Gasteiger partial charge is 0.488 e. The first-order valence-electron chi connectivity index (χ1n) is 9.07. The molecule has 2 aromatic carbocycles. The fraction of sp³-hybridized carbons (Fsp3) is 0.0952. The molecule has 0 radical (unpaired) electrons. The number of carbonyl (C=O) groups excluding carboxylic acids is 1. The first kappa shape index (κ1) is 21.2. The van der Waals surface area contributed by atoms with Crippen LogP contribution < -0.4 is 15.6 Å². The number of anilines is 1. The number of carbonyl (C=O) groups is 1. The third kappa shape index (κ3) is 5.76. The lowest BCUT2D eigenvalue weighted by atomic mass is 10.2. The van der Waals surface area contributed by atoms with E-state index in [1.165, 1.54) is 6.08 Å². The number of nitro groups is 1. The third-order valence-electron chi connectivity index (χ3n) is 4.06. The summed E-state index contributed by atoms with van der Waals surface area (Å²) in [5.74, 6) is -0.805. The third-order valence-corrected chi connectivity index (χ3v) is 4.06. The molecule has 31 heavy (non-hydrogen) atoms. The monoisotopic (exact) mass is 422 g/mol. The highest BCUT2D eigenvalue weighted by Gasteiger charge is 2.21. The molecule has 0 saturated carbocycles. The van der Waals surface area contributed by atoms with Gasteiger partial charge in [-0.25, -0.2) is 0 Å². The topological polar surface area (TPSA) is 147 Å². The van der Waals surface area contributed by atoms with Gasteiger partial charge in [0.05, 0.1) is 4.92 Å². The maximum absolute atomic E-state index is 12.0. The molecule has 0 fully saturated rings. The molecule has 3 aromatic rings. The lowest BCUT2D eigenvalue weighted by Gasteiger charge is -2.08. The minimum atomic E-state index is -1.05. The van der Waals surface area contributed by atoms with E-state index in [2.05, 4.69) is 15.3 Å². The number of benzene rings is 2. The Hall–Kier alpha value is -4.47. The van der Waals surface area contributed by atoms with Gasteiger partial charge < -0.3 is 20.1 Å². The van der Waals surface area contributed by atoms with E-state index in [1.54, 1.807) is 36.4 Å². The van der Waals surface area contributed by atoms with Crippen molar-refractivity contribution in [3.05, 3.63) is 86.0 Å². The van der Waals surface area contributed by atoms with Crippen molar-refractivity contribution in [1.82, 2.24) is 9.97 Å². The fourth-order valence-corrected chi connectivity index (χ4v) is 2.63. The molecule has 3 rings (SSSR count). The van der Waals surface area contributed by atoms with Crippen molar-refractivity contribution in [2.45, 2.75) is 6.92 Å². The van der Waals surface area contributed by atoms with E-state index >= 15 is 0 Å². The average molecular weight is 422 g/mol. The molecule has 3 N–H and O–H groups in total. The van der Waals surface area contributed by atoms with Crippen molar-refractivity contribution < 1.29 is 19.6 Å². The quantitative estimate of drug-likeness (QED) is 0.392. The Morgan fingerprint density at radius 2 is 2.00 bits per heavy atom. The van der Waals surface area contributed by atoms with Crippen LogP contribution in [0.5, 0.6) is 11.6 Å². The molecule has 0 aliphatic heterocycles. The van der Waals surface area contributed by atoms with Gasteiger partial charge in [0.2, 0.25) is 0 Å². The average Bonchev–Trinajstić information content (AvgIpc) is 2.71. The van der Waals surface area contributed by atoms with Crippen LogP contribution in [-0.4, -0.2) is 32.5 Å². The number of aromatic nitrogens is 2. The van der Waals surface area contributed by atoms with Crippen LogP contribution >= 0.6 is 0 Å². The van der Waals surface area contributed by atoms with Crippen molar-refractivity contribution >= 4 is 29.4 Å². The van der Waals surface area contributed by atoms with Gasteiger partial charge in [-0.2, -0.15) is 4.98 Å². The molecule has 158 valence electrons. The Balaban J connectivity index is 1.58. The summed E-state index contributed by atoms with van der Waals surface area (Å²) in [7, 11) is 0. The van der Waals surface area contributed by atoms with Gasteiger partial charge in [0.1, 0.15) is 11.6 Å². The van der Waals surface area contributed by atoms with Gasteiger partial charge in [0.25, 0.3) is 11.8 Å². The van der Waals surface area contributed by atoms with Crippen LogP contribution in [0.1, 0.15) is 17.0 Å². The predicted octanol–water partition coefficient (Wildman–Crippen LogP) is 2.88. The summed E-state index contributed by atoms with van der Waals surface area (Å²) in [6.45, 7) is 1.77. The predicted molar refractivity (Wildman–Crippen MR) is 114 cm³/mol.